The molecule has 0 spiro atoms. The maximum atomic E-state index is 13.5. The number of hydrogen-bond acceptors (Lipinski definition) is 4. The van der Waals surface area contributed by atoms with Crippen molar-refractivity contribution in [1.29, 1.82) is 0 Å². The summed E-state index contributed by atoms with van der Waals surface area (Å²) in [5.41, 5.74) is 4.58. The van der Waals surface area contributed by atoms with Crippen molar-refractivity contribution in [2.24, 2.45) is 0 Å². The second-order valence-corrected chi connectivity index (χ2v) is 9.65. The minimum absolute atomic E-state index is 0.135. The van der Waals surface area contributed by atoms with Crippen molar-refractivity contribution in [2.45, 2.75) is 18.2 Å². The number of nitrogens with one attached hydrogen (secondary N) is 2. The molecule has 8 heteroatoms. The summed E-state index contributed by atoms with van der Waals surface area (Å²) in [6, 6.07) is 28.8. The zero-order valence-corrected chi connectivity index (χ0v) is 20.9. The van der Waals surface area contributed by atoms with Crippen LogP contribution in [-0.4, -0.2) is 26.2 Å². The highest BCUT2D eigenvalue weighted by molar-refractivity contribution is 7.99. The zero-order valence-electron chi connectivity index (χ0n) is 19.3. The second-order valence-electron chi connectivity index (χ2n) is 8.27. The van der Waals surface area contributed by atoms with Gasteiger partial charge in [-0.1, -0.05) is 96.2 Å². The molecular weight excluding hydrogens is 492 g/mol. The summed E-state index contributed by atoms with van der Waals surface area (Å²) in [5, 5.41) is 4.06. The molecule has 0 aliphatic rings. The Kier molecular flexibility index (Phi) is 7.21. The van der Waals surface area contributed by atoms with Gasteiger partial charge >= 0.3 is 0 Å². The summed E-state index contributed by atoms with van der Waals surface area (Å²) >= 11 is 7.18. The van der Waals surface area contributed by atoms with Crippen molar-refractivity contribution < 1.29 is 4.79 Å². The molecular formula is C28H23ClN4O2S. The van der Waals surface area contributed by atoms with Crippen molar-refractivity contribution in [1.82, 2.24) is 19.9 Å². The Morgan fingerprint density at radius 2 is 1.64 bits per heavy atom. The first kappa shape index (κ1) is 23.9. The fourth-order valence-corrected chi connectivity index (χ4v) is 4.81. The monoisotopic (exact) mass is 514 g/mol. The molecule has 0 aliphatic heterocycles. The molecule has 0 saturated heterocycles. The maximum Gasteiger partial charge on any atom is 0.278 e. The topological polar surface area (TPSA) is 79.8 Å². The molecule has 0 bridgehead atoms. The Bertz CT molecular complexity index is 1550. The number of rotatable bonds is 8. The number of carbonyl (C=O) groups excluding carboxylic acids is 1. The Morgan fingerprint density at radius 1 is 0.944 bits per heavy atom. The van der Waals surface area contributed by atoms with Crippen LogP contribution in [0.2, 0.25) is 5.02 Å². The number of benzene rings is 3. The summed E-state index contributed by atoms with van der Waals surface area (Å²) in [5.74, 6) is -0.00868. The lowest BCUT2D eigenvalue weighted by molar-refractivity contribution is -0.118. The molecule has 0 atom stereocenters. The molecule has 0 radical (unpaired) electrons. The van der Waals surface area contributed by atoms with Crippen molar-refractivity contribution >= 4 is 40.3 Å². The molecule has 2 aromatic heterocycles. The van der Waals surface area contributed by atoms with E-state index in [-0.39, 0.29) is 17.2 Å². The van der Waals surface area contributed by atoms with Crippen LogP contribution in [-0.2, 0) is 17.9 Å². The molecule has 0 unspecified atom stereocenters. The van der Waals surface area contributed by atoms with Crippen molar-refractivity contribution in [3.05, 3.63) is 117 Å². The summed E-state index contributed by atoms with van der Waals surface area (Å²) < 4.78 is 1.63. The quantitative estimate of drug-likeness (QED) is 0.211. The first-order valence-corrected chi connectivity index (χ1v) is 12.8. The van der Waals surface area contributed by atoms with Gasteiger partial charge in [0.2, 0.25) is 5.91 Å². The number of hydrogen-bond donors (Lipinski definition) is 2. The molecule has 1 amide bonds. The summed E-state index contributed by atoms with van der Waals surface area (Å²) in [6.07, 6.45) is 0. The van der Waals surface area contributed by atoms with Crippen LogP contribution in [0.25, 0.3) is 22.3 Å². The molecule has 180 valence electrons. The standard InChI is InChI=1S/C28H23ClN4O2S/c29-22-13-11-19(12-14-22)16-30-25(34)18-36-28-32-24-15-23(21-9-5-2-6-10-21)31-26(24)27(35)33(28)17-20-7-3-1-4-8-20/h1-15,31H,16-18H2,(H,30,34). The second kappa shape index (κ2) is 10.8. The summed E-state index contributed by atoms with van der Waals surface area (Å²) in [6.45, 7) is 0.759. The number of thioether (sulfide) groups is 1. The molecule has 2 N–H and O–H groups in total. The Hall–Kier alpha value is -3.81. The first-order valence-electron chi connectivity index (χ1n) is 11.4. The van der Waals surface area contributed by atoms with E-state index in [1.54, 1.807) is 16.7 Å². The van der Waals surface area contributed by atoms with E-state index < -0.39 is 0 Å². The largest absolute Gasteiger partial charge is 0.351 e. The third kappa shape index (κ3) is 5.53. The molecule has 2 heterocycles. The molecule has 36 heavy (non-hydrogen) atoms. The Labute approximate surface area is 217 Å². The van der Waals surface area contributed by atoms with Crippen LogP contribution in [0.4, 0.5) is 0 Å². The SMILES string of the molecule is O=C(CSc1nc2cc(-c3ccccc3)[nH]c2c(=O)n1Cc1ccccc1)NCc1ccc(Cl)cc1. The fourth-order valence-electron chi connectivity index (χ4n) is 3.85. The van der Waals surface area contributed by atoms with Crippen LogP contribution in [0.15, 0.2) is 101 Å². The number of H-pyrrole nitrogens is 1. The minimum atomic E-state index is -0.171. The van der Waals surface area contributed by atoms with Gasteiger partial charge in [-0.15, -0.1) is 0 Å². The van der Waals surface area contributed by atoms with Gasteiger partial charge in [0.25, 0.3) is 5.56 Å². The van der Waals surface area contributed by atoms with E-state index in [0.29, 0.717) is 34.3 Å². The Balaban J connectivity index is 1.41. The zero-order chi connectivity index (χ0) is 24.9. The lowest BCUT2D eigenvalue weighted by Crippen LogP contribution is -2.27. The highest BCUT2D eigenvalue weighted by Crippen LogP contribution is 2.24. The molecule has 0 aliphatic carbocycles. The normalized spacial score (nSPS) is 11.0. The van der Waals surface area contributed by atoms with E-state index >= 15 is 0 Å². The summed E-state index contributed by atoms with van der Waals surface area (Å²) in [4.78, 5) is 34.2. The van der Waals surface area contributed by atoms with Crippen LogP contribution >= 0.6 is 23.4 Å². The van der Waals surface area contributed by atoms with Gasteiger partial charge in [-0.05, 0) is 34.9 Å². The highest BCUT2D eigenvalue weighted by Gasteiger charge is 2.16. The van der Waals surface area contributed by atoms with Crippen LogP contribution < -0.4 is 10.9 Å². The van der Waals surface area contributed by atoms with Gasteiger partial charge in [-0.2, -0.15) is 0 Å². The maximum absolute atomic E-state index is 13.5. The van der Waals surface area contributed by atoms with E-state index in [0.717, 1.165) is 22.4 Å². The molecule has 3 aromatic carbocycles. The van der Waals surface area contributed by atoms with Gasteiger partial charge in [-0.3, -0.25) is 14.2 Å². The van der Waals surface area contributed by atoms with Crippen LogP contribution in [0.5, 0.6) is 0 Å². The van der Waals surface area contributed by atoms with E-state index in [1.165, 1.54) is 11.8 Å². The smallest absolute Gasteiger partial charge is 0.278 e. The highest BCUT2D eigenvalue weighted by atomic mass is 35.5. The van der Waals surface area contributed by atoms with Gasteiger partial charge in [0.15, 0.2) is 5.16 Å². The predicted molar refractivity (Wildman–Crippen MR) is 145 cm³/mol. The van der Waals surface area contributed by atoms with E-state index in [2.05, 4.69) is 10.3 Å². The number of amides is 1. The van der Waals surface area contributed by atoms with E-state index in [4.69, 9.17) is 16.6 Å². The van der Waals surface area contributed by atoms with Crippen molar-refractivity contribution in [2.75, 3.05) is 5.75 Å². The lowest BCUT2D eigenvalue weighted by Gasteiger charge is -2.12. The van der Waals surface area contributed by atoms with Crippen LogP contribution in [0.3, 0.4) is 0 Å². The van der Waals surface area contributed by atoms with E-state index in [1.807, 2.05) is 78.9 Å². The van der Waals surface area contributed by atoms with Gasteiger partial charge in [0.1, 0.15) is 5.52 Å². The van der Waals surface area contributed by atoms with Gasteiger partial charge in [0, 0.05) is 17.3 Å². The van der Waals surface area contributed by atoms with Crippen LogP contribution in [0.1, 0.15) is 11.1 Å². The number of halogens is 1. The molecule has 5 aromatic rings. The molecule has 6 nitrogen and oxygen atoms in total. The third-order valence-corrected chi connectivity index (χ3v) is 6.93. The number of aromatic amines is 1. The third-order valence-electron chi connectivity index (χ3n) is 5.71. The number of nitrogens with zero attached hydrogens (tertiary/aromatic N) is 2. The first-order chi connectivity index (χ1) is 17.6. The number of fused-ring (bicyclic) bond motifs is 1. The van der Waals surface area contributed by atoms with Gasteiger partial charge in [-0.25, -0.2) is 4.98 Å². The average Bonchev–Trinajstić information content (AvgIpc) is 3.35. The van der Waals surface area contributed by atoms with Crippen molar-refractivity contribution in [3.63, 3.8) is 0 Å². The fraction of sp³-hybridized carbons (Fsp3) is 0.107. The Morgan fingerprint density at radius 3 is 2.36 bits per heavy atom. The minimum Gasteiger partial charge on any atom is -0.351 e. The van der Waals surface area contributed by atoms with Gasteiger partial charge < -0.3 is 10.3 Å². The molecule has 0 fully saturated rings. The molecule has 0 saturated carbocycles. The number of carbonyl (C=O) groups is 1. The van der Waals surface area contributed by atoms with Gasteiger partial charge in [0.05, 0.1) is 17.8 Å². The van der Waals surface area contributed by atoms with Crippen molar-refractivity contribution in [3.8, 4) is 11.3 Å². The summed E-state index contributed by atoms with van der Waals surface area (Å²) in [7, 11) is 0. The lowest BCUT2D eigenvalue weighted by atomic mass is 10.2. The predicted octanol–water partition coefficient (Wildman–Crippen LogP) is 5.50. The van der Waals surface area contributed by atoms with E-state index in [9.17, 15) is 9.59 Å². The number of aromatic nitrogens is 3. The van der Waals surface area contributed by atoms with Crippen LogP contribution in [0, 0.1) is 0 Å². The average molecular weight is 515 g/mol. The molecule has 5 rings (SSSR count).